The quantitative estimate of drug-likeness (QED) is 0.759. The van der Waals surface area contributed by atoms with E-state index in [2.05, 4.69) is 0 Å². The molecule has 0 saturated carbocycles. The Morgan fingerprint density at radius 2 is 2.22 bits per heavy atom. The van der Waals surface area contributed by atoms with Crippen LogP contribution in [0.2, 0.25) is 0 Å². The maximum Gasteiger partial charge on any atom is 0.242 e. The van der Waals surface area contributed by atoms with Gasteiger partial charge in [-0.2, -0.15) is 5.26 Å². The van der Waals surface area contributed by atoms with E-state index in [9.17, 15) is 4.79 Å². The summed E-state index contributed by atoms with van der Waals surface area (Å²) in [7, 11) is 1.61. The number of carbonyl (C=O) groups is 1. The molecule has 5 nitrogen and oxygen atoms in total. The van der Waals surface area contributed by atoms with E-state index in [0.717, 1.165) is 0 Å². The first-order chi connectivity index (χ1) is 8.22. The van der Waals surface area contributed by atoms with Gasteiger partial charge >= 0.3 is 0 Å². The topological polar surface area (TPSA) is 62.6 Å². The lowest BCUT2D eigenvalue weighted by atomic mass is 9.92. The number of nitrogens with zero attached hydrogens (tertiary/aromatic N) is 2. The van der Waals surface area contributed by atoms with Crippen LogP contribution in [0, 0.1) is 16.7 Å². The number of hydrogen-bond acceptors (Lipinski definition) is 4. The minimum atomic E-state index is -0.995. The lowest BCUT2D eigenvalue weighted by Gasteiger charge is -2.43. The summed E-state index contributed by atoms with van der Waals surface area (Å²) in [6.07, 6.45) is -0.141. The number of rotatable bonds is 3. The van der Waals surface area contributed by atoms with Crippen molar-refractivity contribution in [3.8, 4) is 6.07 Å². The fourth-order valence-electron chi connectivity index (χ4n) is 2.17. The zero-order valence-electron chi connectivity index (χ0n) is 11.8. The second-order valence-corrected chi connectivity index (χ2v) is 5.88. The third-order valence-corrected chi connectivity index (χ3v) is 2.94. The van der Waals surface area contributed by atoms with Crippen LogP contribution in [-0.4, -0.2) is 49.3 Å². The molecule has 1 amide bonds. The van der Waals surface area contributed by atoms with E-state index in [1.54, 1.807) is 25.9 Å². The maximum atomic E-state index is 12.3. The molecule has 1 rings (SSSR count). The van der Waals surface area contributed by atoms with Gasteiger partial charge in [-0.1, -0.05) is 0 Å². The lowest BCUT2D eigenvalue weighted by Crippen LogP contribution is -2.57. The van der Waals surface area contributed by atoms with E-state index in [1.807, 2.05) is 19.9 Å². The van der Waals surface area contributed by atoms with Crippen LogP contribution in [0.5, 0.6) is 0 Å². The molecule has 1 atom stereocenters. The zero-order chi connectivity index (χ0) is 14.0. The van der Waals surface area contributed by atoms with Gasteiger partial charge in [-0.25, -0.2) is 0 Å². The number of morpholine rings is 1. The highest BCUT2D eigenvalue weighted by Gasteiger charge is 2.40. The van der Waals surface area contributed by atoms with E-state index in [1.165, 1.54) is 0 Å². The van der Waals surface area contributed by atoms with Gasteiger partial charge in [0.15, 0.2) is 0 Å². The summed E-state index contributed by atoms with van der Waals surface area (Å²) in [5.74, 6) is -0.150. The van der Waals surface area contributed by atoms with E-state index >= 15 is 0 Å². The van der Waals surface area contributed by atoms with Crippen LogP contribution in [0.4, 0.5) is 0 Å². The predicted molar refractivity (Wildman–Crippen MR) is 66.8 cm³/mol. The van der Waals surface area contributed by atoms with Gasteiger partial charge in [-0.05, 0) is 27.7 Å². The minimum Gasteiger partial charge on any atom is -0.382 e. The molecule has 1 aliphatic heterocycles. The molecule has 0 N–H and O–H groups in total. The standard InChI is InChI=1S/C13H22N2O3/c1-12(2,8-14)11(16)15-6-10(7-17-5)18-13(3,4)9-15/h10H,6-7,9H2,1-5H3/t10-/m0/s1. The summed E-state index contributed by atoms with van der Waals surface area (Å²) in [6, 6.07) is 2.05. The third-order valence-electron chi connectivity index (χ3n) is 2.94. The normalized spacial score (nSPS) is 23.6. The first-order valence-electron chi connectivity index (χ1n) is 6.09. The Balaban J connectivity index is 2.83. The van der Waals surface area contributed by atoms with Gasteiger partial charge in [-0.15, -0.1) is 0 Å². The van der Waals surface area contributed by atoms with Crippen molar-refractivity contribution in [2.75, 3.05) is 26.8 Å². The van der Waals surface area contributed by atoms with E-state index in [4.69, 9.17) is 14.7 Å². The molecule has 0 radical (unpaired) electrons. The van der Waals surface area contributed by atoms with Gasteiger partial charge in [0.25, 0.3) is 0 Å². The zero-order valence-corrected chi connectivity index (χ0v) is 11.8. The van der Waals surface area contributed by atoms with Crippen molar-refractivity contribution in [3.63, 3.8) is 0 Å². The molecule has 5 heteroatoms. The van der Waals surface area contributed by atoms with Crippen molar-refractivity contribution < 1.29 is 14.3 Å². The summed E-state index contributed by atoms with van der Waals surface area (Å²) >= 11 is 0. The monoisotopic (exact) mass is 254 g/mol. The van der Waals surface area contributed by atoms with Crippen LogP contribution in [0.25, 0.3) is 0 Å². The minimum absolute atomic E-state index is 0.141. The first kappa shape index (κ1) is 14.9. The molecule has 1 heterocycles. The molecule has 18 heavy (non-hydrogen) atoms. The highest BCUT2D eigenvalue weighted by atomic mass is 16.5. The number of ether oxygens (including phenoxy) is 2. The second kappa shape index (κ2) is 5.25. The van der Waals surface area contributed by atoms with Crippen molar-refractivity contribution in [2.24, 2.45) is 5.41 Å². The molecule has 0 bridgehead atoms. The Hall–Kier alpha value is -1.12. The highest BCUT2D eigenvalue weighted by Crippen LogP contribution is 2.26. The van der Waals surface area contributed by atoms with Gasteiger partial charge in [0.1, 0.15) is 5.41 Å². The smallest absolute Gasteiger partial charge is 0.242 e. The number of nitriles is 1. The Bertz CT molecular complexity index is 358. The molecule has 102 valence electrons. The van der Waals surface area contributed by atoms with Crippen LogP contribution >= 0.6 is 0 Å². The SMILES string of the molecule is COC[C@@H]1CN(C(=O)C(C)(C)C#N)CC(C)(C)O1. The van der Waals surface area contributed by atoms with Gasteiger partial charge in [0.05, 0.1) is 24.4 Å². The van der Waals surface area contributed by atoms with Gasteiger partial charge in [0, 0.05) is 20.2 Å². The second-order valence-electron chi connectivity index (χ2n) is 5.88. The summed E-state index contributed by atoms with van der Waals surface area (Å²) in [5, 5.41) is 9.04. The summed E-state index contributed by atoms with van der Waals surface area (Å²) in [4.78, 5) is 14.0. The summed E-state index contributed by atoms with van der Waals surface area (Å²) < 4.78 is 10.9. The van der Waals surface area contributed by atoms with Crippen LogP contribution in [-0.2, 0) is 14.3 Å². The molecule has 1 fully saturated rings. The Labute approximate surface area is 109 Å². The van der Waals surface area contributed by atoms with Crippen molar-refractivity contribution in [1.29, 1.82) is 5.26 Å². The molecule has 1 saturated heterocycles. The number of hydrogen-bond donors (Lipinski definition) is 0. The Morgan fingerprint density at radius 3 is 2.72 bits per heavy atom. The highest BCUT2D eigenvalue weighted by molar-refractivity contribution is 5.84. The molecular weight excluding hydrogens is 232 g/mol. The first-order valence-corrected chi connectivity index (χ1v) is 6.09. The molecular formula is C13H22N2O3. The van der Waals surface area contributed by atoms with Crippen molar-refractivity contribution in [3.05, 3.63) is 0 Å². The van der Waals surface area contributed by atoms with Crippen LogP contribution < -0.4 is 0 Å². The van der Waals surface area contributed by atoms with Crippen molar-refractivity contribution >= 4 is 5.91 Å². The van der Waals surface area contributed by atoms with Crippen LogP contribution in [0.1, 0.15) is 27.7 Å². The van der Waals surface area contributed by atoms with Crippen LogP contribution in [0.15, 0.2) is 0 Å². The number of carbonyl (C=O) groups excluding carboxylic acids is 1. The molecule has 0 aromatic rings. The van der Waals surface area contributed by atoms with E-state index in [-0.39, 0.29) is 12.0 Å². The van der Waals surface area contributed by atoms with Gasteiger partial charge < -0.3 is 14.4 Å². The van der Waals surface area contributed by atoms with Gasteiger partial charge in [-0.3, -0.25) is 4.79 Å². The number of methoxy groups -OCH3 is 1. The molecule has 0 aromatic carbocycles. The average molecular weight is 254 g/mol. The Morgan fingerprint density at radius 1 is 1.61 bits per heavy atom. The molecule has 1 aliphatic rings. The van der Waals surface area contributed by atoms with E-state index in [0.29, 0.717) is 19.7 Å². The average Bonchev–Trinajstić information content (AvgIpc) is 2.26. The maximum absolute atomic E-state index is 12.3. The molecule has 0 unspecified atom stereocenters. The third kappa shape index (κ3) is 3.44. The van der Waals surface area contributed by atoms with Crippen molar-refractivity contribution in [1.82, 2.24) is 4.90 Å². The lowest BCUT2D eigenvalue weighted by molar-refractivity contribution is -0.172. The largest absolute Gasteiger partial charge is 0.382 e. The molecule has 0 aliphatic carbocycles. The predicted octanol–water partition coefficient (Wildman–Crippen LogP) is 1.19. The van der Waals surface area contributed by atoms with Crippen molar-refractivity contribution in [2.45, 2.75) is 39.4 Å². The fraction of sp³-hybridized carbons (Fsp3) is 0.846. The molecule has 0 spiro atoms. The van der Waals surface area contributed by atoms with Crippen LogP contribution in [0.3, 0.4) is 0 Å². The Kier molecular flexibility index (Phi) is 4.36. The molecule has 0 aromatic heterocycles. The summed E-state index contributed by atoms with van der Waals surface area (Å²) in [5.41, 5.74) is -1.41. The fourth-order valence-corrected chi connectivity index (χ4v) is 2.17. The van der Waals surface area contributed by atoms with Gasteiger partial charge in [0.2, 0.25) is 5.91 Å². The van der Waals surface area contributed by atoms with E-state index < -0.39 is 11.0 Å². The summed E-state index contributed by atoms with van der Waals surface area (Å²) in [6.45, 7) is 8.58. The number of amides is 1.